The minimum Gasteiger partial charge on any atom is -0.497 e. The van der Waals surface area contributed by atoms with Crippen molar-refractivity contribution < 1.29 is 19.4 Å². The average molecular weight is 223 g/mol. The van der Waals surface area contributed by atoms with Crippen LogP contribution in [-0.2, 0) is 4.79 Å². The number of amides is 1. The lowest BCUT2D eigenvalue weighted by atomic mass is 10.2. The third-order valence-electron chi connectivity index (χ3n) is 1.98. The van der Waals surface area contributed by atoms with Crippen LogP contribution in [-0.4, -0.2) is 30.6 Å². The van der Waals surface area contributed by atoms with Crippen LogP contribution in [0.2, 0.25) is 0 Å². The average Bonchev–Trinajstić information content (AvgIpc) is 2.28. The molecule has 5 nitrogen and oxygen atoms in total. The molecular formula is C11H13NO4. The van der Waals surface area contributed by atoms with Gasteiger partial charge in [0.2, 0.25) is 0 Å². The van der Waals surface area contributed by atoms with Crippen molar-refractivity contribution in [3.63, 3.8) is 0 Å². The molecule has 1 amide bonds. The molecular weight excluding hydrogens is 210 g/mol. The van der Waals surface area contributed by atoms with Gasteiger partial charge in [0.25, 0.3) is 5.91 Å². The number of hydrogen-bond acceptors (Lipinski definition) is 3. The van der Waals surface area contributed by atoms with Gasteiger partial charge >= 0.3 is 5.97 Å². The highest BCUT2D eigenvalue weighted by molar-refractivity contribution is 5.94. The van der Waals surface area contributed by atoms with Gasteiger partial charge in [-0.1, -0.05) is 0 Å². The summed E-state index contributed by atoms with van der Waals surface area (Å²) in [5, 5.41) is 10.9. The molecule has 0 spiro atoms. The van der Waals surface area contributed by atoms with E-state index in [4.69, 9.17) is 9.84 Å². The van der Waals surface area contributed by atoms with Gasteiger partial charge in [-0.15, -0.1) is 0 Å². The van der Waals surface area contributed by atoms with Crippen molar-refractivity contribution in [1.82, 2.24) is 5.32 Å². The number of rotatable bonds is 5. The summed E-state index contributed by atoms with van der Waals surface area (Å²) < 4.78 is 4.95. The number of methoxy groups -OCH3 is 1. The van der Waals surface area contributed by atoms with Crippen LogP contribution in [0.1, 0.15) is 16.8 Å². The molecule has 0 aliphatic heterocycles. The fourth-order valence-electron chi connectivity index (χ4n) is 1.13. The van der Waals surface area contributed by atoms with Crippen LogP contribution in [0.25, 0.3) is 0 Å². The van der Waals surface area contributed by atoms with Gasteiger partial charge in [0.1, 0.15) is 5.75 Å². The van der Waals surface area contributed by atoms with Crippen molar-refractivity contribution >= 4 is 11.9 Å². The molecule has 0 bridgehead atoms. The zero-order valence-electron chi connectivity index (χ0n) is 8.90. The topological polar surface area (TPSA) is 75.6 Å². The number of nitrogens with one attached hydrogen (secondary N) is 1. The fraction of sp³-hybridized carbons (Fsp3) is 0.273. The number of hydrogen-bond donors (Lipinski definition) is 2. The summed E-state index contributed by atoms with van der Waals surface area (Å²) in [5.74, 6) is -0.555. The summed E-state index contributed by atoms with van der Waals surface area (Å²) in [4.78, 5) is 21.7. The van der Waals surface area contributed by atoms with Crippen molar-refractivity contribution in [1.29, 1.82) is 0 Å². The molecule has 1 aromatic rings. The van der Waals surface area contributed by atoms with Crippen LogP contribution < -0.4 is 10.1 Å². The van der Waals surface area contributed by atoms with E-state index in [0.717, 1.165) is 0 Å². The summed E-state index contributed by atoms with van der Waals surface area (Å²) in [5.41, 5.74) is 0.478. The molecule has 0 unspecified atom stereocenters. The number of aliphatic carboxylic acids is 1. The highest BCUT2D eigenvalue weighted by Gasteiger charge is 2.05. The third kappa shape index (κ3) is 3.61. The second kappa shape index (κ2) is 5.75. The van der Waals surface area contributed by atoms with E-state index in [1.807, 2.05) is 0 Å². The molecule has 5 heteroatoms. The van der Waals surface area contributed by atoms with Gasteiger partial charge in [-0.3, -0.25) is 9.59 Å². The van der Waals surface area contributed by atoms with Gasteiger partial charge < -0.3 is 15.2 Å². The smallest absolute Gasteiger partial charge is 0.305 e. The Morgan fingerprint density at radius 1 is 1.31 bits per heavy atom. The van der Waals surface area contributed by atoms with Crippen LogP contribution in [0.4, 0.5) is 0 Å². The molecule has 1 aromatic carbocycles. The van der Waals surface area contributed by atoms with E-state index in [2.05, 4.69) is 5.32 Å². The van der Waals surface area contributed by atoms with Gasteiger partial charge in [0.15, 0.2) is 0 Å². The summed E-state index contributed by atoms with van der Waals surface area (Å²) in [6, 6.07) is 6.59. The van der Waals surface area contributed by atoms with Crippen molar-refractivity contribution in [3.05, 3.63) is 29.8 Å². The standard InChI is InChI=1S/C11H13NO4/c1-16-9-4-2-8(3-5-9)11(15)12-7-6-10(13)14/h2-5H,6-7H2,1H3,(H,12,15)(H,13,14). The summed E-state index contributed by atoms with van der Waals surface area (Å²) in [7, 11) is 1.54. The maximum Gasteiger partial charge on any atom is 0.305 e. The van der Waals surface area contributed by atoms with Crippen molar-refractivity contribution in [2.45, 2.75) is 6.42 Å². The van der Waals surface area contributed by atoms with Gasteiger partial charge in [0.05, 0.1) is 13.5 Å². The Balaban J connectivity index is 2.49. The van der Waals surface area contributed by atoms with E-state index in [0.29, 0.717) is 11.3 Å². The molecule has 16 heavy (non-hydrogen) atoms. The molecule has 0 fully saturated rings. The fourth-order valence-corrected chi connectivity index (χ4v) is 1.13. The molecule has 0 aliphatic carbocycles. The summed E-state index contributed by atoms with van der Waals surface area (Å²) in [6.07, 6.45) is -0.0815. The molecule has 86 valence electrons. The Labute approximate surface area is 93.0 Å². The first-order valence-electron chi connectivity index (χ1n) is 4.77. The first kappa shape index (κ1) is 12.0. The number of benzene rings is 1. The first-order valence-corrected chi connectivity index (χ1v) is 4.77. The van der Waals surface area contributed by atoms with Gasteiger partial charge in [-0.2, -0.15) is 0 Å². The Kier molecular flexibility index (Phi) is 4.32. The Hall–Kier alpha value is -2.04. The van der Waals surface area contributed by atoms with Gasteiger partial charge in [0, 0.05) is 12.1 Å². The largest absolute Gasteiger partial charge is 0.497 e. The van der Waals surface area contributed by atoms with Crippen molar-refractivity contribution in [2.24, 2.45) is 0 Å². The predicted molar refractivity (Wildman–Crippen MR) is 57.6 cm³/mol. The van der Waals surface area contributed by atoms with E-state index < -0.39 is 5.97 Å². The second-order valence-electron chi connectivity index (χ2n) is 3.13. The second-order valence-corrected chi connectivity index (χ2v) is 3.13. The van der Waals surface area contributed by atoms with Gasteiger partial charge in [-0.25, -0.2) is 0 Å². The van der Waals surface area contributed by atoms with Gasteiger partial charge in [-0.05, 0) is 24.3 Å². The van der Waals surface area contributed by atoms with E-state index >= 15 is 0 Å². The molecule has 0 heterocycles. The minimum absolute atomic E-state index is 0.0815. The van der Waals surface area contributed by atoms with Crippen LogP contribution in [0.15, 0.2) is 24.3 Å². The molecule has 0 atom stereocenters. The van der Waals surface area contributed by atoms with Crippen LogP contribution in [0, 0.1) is 0 Å². The summed E-state index contributed by atoms with van der Waals surface area (Å²) >= 11 is 0. The van der Waals surface area contributed by atoms with E-state index in [9.17, 15) is 9.59 Å². The number of ether oxygens (including phenoxy) is 1. The Morgan fingerprint density at radius 3 is 2.44 bits per heavy atom. The predicted octanol–water partition coefficient (Wildman–Crippen LogP) is 0.900. The molecule has 0 saturated carbocycles. The number of carboxylic acid groups (broad SMARTS) is 1. The lowest BCUT2D eigenvalue weighted by Gasteiger charge is -2.04. The van der Waals surface area contributed by atoms with E-state index in [1.54, 1.807) is 31.4 Å². The zero-order valence-corrected chi connectivity index (χ0v) is 8.90. The minimum atomic E-state index is -0.935. The Morgan fingerprint density at radius 2 is 1.94 bits per heavy atom. The highest BCUT2D eigenvalue weighted by Crippen LogP contribution is 2.10. The normalized spacial score (nSPS) is 9.56. The number of carbonyl (C=O) groups is 2. The number of carbonyl (C=O) groups excluding carboxylic acids is 1. The van der Waals surface area contributed by atoms with Crippen molar-refractivity contribution in [3.8, 4) is 5.75 Å². The third-order valence-corrected chi connectivity index (χ3v) is 1.98. The Bertz CT molecular complexity index is 372. The first-order chi connectivity index (χ1) is 7.63. The van der Waals surface area contributed by atoms with Crippen molar-refractivity contribution in [2.75, 3.05) is 13.7 Å². The van der Waals surface area contributed by atoms with Crippen LogP contribution >= 0.6 is 0 Å². The lowest BCUT2D eigenvalue weighted by molar-refractivity contribution is -0.136. The maximum atomic E-state index is 11.5. The van der Waals surface area contributed by atoms with E-state index in [1.165, 1.54) is 0 Å². The molecule has 2 N–H and O–H groups in total. The SMILES string of the molecule is COc1ccc(C(=O)NCCC(=O)O)cc1. The molecule has 1 rings (SSSR count). The monoisotopic (exact) mass is 223 g/mol. The zero-order chi connectivity index (χ0) is 12.0. The molecule has 0 saturated heterocycles. The highest BCUT2D eigenvalue weighted by atomic mass is 16.5. The molecule has 0 radical (unpaired) electrons. The molecule has 0 aromatic heterocycles. The molecule has 0 aliphatic rings. The van der Waals surface area contributed by atoms with E-state index in [-0.39, 0.29) is 18.9 Å². The maximum absolute atomic E-state index is 11.5. The van der Waals surface area contributed by atoms with Crippen LogP contribution in [0.5, 0.6) is 5.75 Å². The van der Waals surface area contributed by atoms with Crippen LogP contribution in [0.3, 0.4) is 0 Å². The number of carboxylic acids is 1. The quantitative estimate of drug-likeness (QED) is 0.777. The lowest BCUT2D eigenvalue weighted by Crippen LogP contribution is -2.25. The summed E-state index contributed by atoms with van der Waals surface area (Å²) in [6.45, 7) is 0.125.